The van der Waals surface area contributed by atoms with Crippen molar-refractivity contribution in [3.8, 4) is 0 Å². The molecule has 0 spiro atoms. The zero-order chi connectivity index (χ0) is 18.5. The first-order valence-electron chi connectivity index (χ1n) is 9.71. The number of carbonyl (C=O) groups excluding carboxylic acids is 1. The van der Waals surface area contributed by atoms with Gasteiger partial charge in [-0.3, -0.25) is 9.69 Å². The molecule has 0 aromatic heterocycles. The lowest BCUT2D eigenvalue weighted by Gasteiger charge is -2.37. The normalized spacial score (nSPS) is 24.5. The predicted molar refractivity (Wildman–Crippen MR) is 99.2 cm³/mol. The highest BCUT2D eigenvalue weighted by Crippen LogP contribution is 2.28. The molecule has 6 heteroatoms. The SMILES string of the molecule is CC(=O)NC1CCC(CCN2CCN(c3cccc(F)c3F)CC2)CC1. The van der Waals surface area contributed by atoms with Crippen molar-refractivity contribution in [3.05, 3.63) is 29.8 Å². The Morgan fingerprint density at radius 1 is 1.12 bits per heavy atom. The summed E-state index contributed by atoms with van der Waals surface area (Å²) in [6.07, 6.45) is 5.70. The molecule has 0 radical (unpaired) electrons. The number of hydrogen-bond donors (Lipinski definition) is 1. The molecule has 1 saturated carbocycles. The molecule has 1 saturated heterocycles. The van der Waals surface area contributed by atoms with Gasteiger partial charge in [-0.2, -0.15) is 0 Å². The third-order valence-corrected chi connectivity index (χ3v) is 5.75. The molecule has 1 heterocycles. The molecule has 0 unspecified atom stereocenters. The van der Waals surface area contributed by atoms with Crippen LogP contribution in [0.4, 0.5) is 14.5 Å². The highest BCUT2D eigenvalue weighted by molar-refractivity contribution is 5.73. The molecule has 0 bridgehead atoms. The lowest BCUT2D eigenvalue weighted by Crippen LogP contribution is -2.47. The second-order valence-electron chi connectivity index (χ2n) is 7.61. The fourth-order valence-electron chi connectivity index (χ4n) is 4.20. The van der Waals surface area contributed by atoms with E-state index in [1.807, 2.05) is 4.90 Å². The van der Waals surface area contributed by atoms with Gasteiger partial charge < -0.3 is 10.2 Å². The molecule has 3 rings (SSSR count). The molecule has 144 valence electrons. The molecule has 0 atom stereocenters. The molecule has 1 aliphatic heterocycles. The number of nitrogens with zero attached hydrogens (tertiary/aromatic N) is 2. The molecule has 2 aliphatic rings. The zero-order valence-corrected chi connectivity index (χ0v) is 15.5. The van der Waals surface area contributed by atoms with Crippen LogP contribution in [-0.4, -0.2) is 49.6 Å². The number of piperazine rings is 1. The van der Waals surface area contributed by atoms with E-state index in [1.165, 1.54) is 19.3 Å². The number of nitrogens with one attached hydrogen (secondary N) is 1. The number of amides is 1. The van der Waals surface area contributed by atoms with Crippen molar-refractivity contribution >= 4 is 11.6 Å². The van der Waals surface area contributed by atoms with Crippen LogP contribution in [0.3, 0.4) is 0 Å². The van der Waals surface area contributed by atoms with Gasteiger partial charge in [-0.15, -0.1) is 0 Å². The molecule has 4 nitrogen and oxygen atoms in total. The molecule has 1 amide bonds. The largest absolute Gasteiger partial charge is 0.367 e. The zero-order valence-electron chi connectivity index (χ0n) is 15.5. The minimum atomic E-state index is -0.778. The summed E-state index contributed by atoms with van der Waals surface area (Å²) in [6.45, 7) is 5.88. The predicted octanol–water partition coefficient (Wildman–Crippen LogP) is 3.17. The first kappa shape index (κ1) is 19.1. The van der Waals surface area contributed by atoms with Gasteiger partial charge in [0.15, 0.2) is 11.6 Å². The van der Waals surface area contributed by atoms with Crippen molar-refractivity contribution in [2.24, 2.45) is 5.92 Å². The summed E-state index contributed by atoms with van der Waals surface area (Å²) in [4.78, 5) is 15.5. The van der Waals surface area contributed by atoms with E-state index >= 15 is 0 Å². The van der Waals surface area contributed by atoms with Crippen molar-refractivity contribution in [3.63, 3.8) is 0 Å². The van der Waals surface area contributed by atoms with Gasteiger partial charge in [-0.1, -0.05) is 6.07 Å². The summed E-state index contributed by atoms with van der Waals surface area (Å²) < 4.78 is 27.3. The highest BCUT2D eigenvalue weighted by Gasteiger charge is 2.24. The maximum Gasteiger partial charge on any atom is 0.217 e. The number of rotatable bonds is 5. The number of hydrogen-bond acceptors (Lipinski definition) is 3. The molecule has 26 heavy (non-hydrogen) atoms. The molecular weight excluding hydrogens is 336 g/mol. The van der Waals surface area contributed by atoms with Crippen LogP contribution in [0.2, 0.25) is 0 Å². The van der Waals surface area contributed by atoms with Crippen LogP contribution in [0.1, 0.15) is 39.0 Å². The van der Waals surface area contributed by atoms with Crippen LogP contribution in [0, 0.1) is 17.6 Å². The van der Waals surface area contributed by atoms with Gasteiger partial charge in [0.25, 0.3) is 0 Å². The maximum absolute atomic E-state index is 13.9. The first-order chi connectivity index (χ1) is 12.5. The van der Waals surface area contributed by atoms with E-state index < -0.39 is 11.6 Å². The molecule has 1 aromatic carbocycles. The Kier molecular flexibility index (Phi) is 6.46. The average Bonchev–Trinajstić information content (AvgIpc) is 2.63. The van der Waals surface area contributed by atoms with Crippen LogP contribution in [0.15, 0.2) is 18.2 Å². The van der Waals surface area contributed by atoms with Gasteiger partial charge in [-0.25, -0.2) is 8.78 Å². The van der Waals surface area contributed by atoms with Gasteiger partial charge in [0, 0.05) is 39.1 Å². The van der Waals surface area contributed by atoms with Crippen LogP contribution < -0.4 is 10.2 Å². The summed E-state index contributed by atoms with van der Waals surface area (Å²) >= 11 is 0. The summed E-state index contributed by atoms with van der Waals surface area (Å²) in [6, 6.07) is 4.74. The minimum Gasteiger partial charge on any atom is -0.367 e. The van der Waals surface area contributed by atoms with Crippen molar-refractivity contribution in [2.45, 2.75) is 45.1 Å². The molecule has 2 fully saturated rings. The fraction of sp³-hybridized carbons (Fsp3) is 0.650. The second-order valence-corrected chi connectivity index (χ2v) is 7.61. The standard InChI is InChI=1S/C20H29F2N3O/c1-15(26)23-17-7-5-16(6-8-17)9-10-24-11-13-25(14-12-24)19-4-2-3-18(21)20(19)22/h2-4,16-17H,5-14H2,1H3,(H,23,26). The van der Waals surface area contributed by atoms with E-state index in [1.54, 1.807) is 19.1 Å². The van der Waals surface area contributed by atoms with Crippen LogP contribution in [0.25, 0.3) is 0 Å². The van der Waals surface area contributed by atoms with E-state index in [0.717, 1.165) is 57.5 Å². The molecule has 1 aliphatic carbocycles. The van der Waals surface area contributed by atoms with Gasteiger partial charge in [0.2, 0.25) is 5.91 Å². The molecular formula is C20H29F2N3O. The first-order valence-corrected chi connectivity index (χ1v) is 9.71. The Hall–Kier alpha value is -1.69. The summed E-state index contributed by atoms with van der Waals surface area (Å²) in [5, 5.41) is 3.02. The van der Waals surface area contributed by atoms with Crippen molar-refractivity contribution < 1.29 is 13.6 Å². The lowest BCUT2D eigenvalue weighted by molar-refractivity contribution is -0.119. The van der Waals surface area contributed by atoms with Gasteiger partial charge in [0.05, 0.1) is 5.69 Å². The third-order valence-electron chi connectivity index (χ3n) is 5.75. The van der Waals surface area contributed by atoms with E-state index in [-0.39, 0.29) is 5.91 Å². The van der Waals surface area contributed by atoms with E-state index in [4.69, 9.17) is 0 Å². The number of carbonyl (C=O) groups is 1. The fourth-order valence-corrected chi connectivity index (χ4v) is 4.20. The van der Waals surface area contributed by atoms with Crippen molar-refractivity contribution in [2.75, 3.05) is 37.6 Å². The van der Waals surface area contributed by atoms with Crippen molar-refractivity contribution in [1.82, 2.24) is 10.2 Å². The Balaban J connectivity index is 1.38. The number of benzene rings is 1. The molecule has 1 aromatic rings. The van der Waals surface area contributed by atoms with Crippen LogP contribution in [0.5, 0.6) is 0 Å². The summed E-state index contributed by atoms with van der Waals surface area (Å²) in [5.41, 5.74) is 0.376. The number of halogens is 2. The maximum atomic E-state index is 13.9. The number of anilines is 1. The summed E-state index contributed by atoms with van der Waals surface area (Å²) in [7, 11) is 0. The minimum absolute atomic E-state index is 0.0704. The van der Waals surface area contributed by atoms with E-state index in [0.29, 0.717) is 11.7 Å². The van der Waals surface area contributed by atoms with Crippen molar-refractivity contribution in [1.29, 1.82) is 0 Å². The second kappa shape index (κ2) is 8.80. The van der Waals surface area contributed by atoms with Crippen LogP contribution in [-0.2, 0) is 4.79 Å². The van der Waals surface area contributed by atoms with Gasteiger partial charge in [0.1, 0.15) is 0 Å². The van der Waals surface area contributed by atoms with E-state index in [9.17, 15) is 13.6 Å². The quantitative estimate of drug-likeness (QED) is 0.871. The Morgan fingerprint density at radius 3 is 2.46 bits per heavy atom. The Bertz CT molecular complexity index is 609. The monoisotopic (exact) mass is 365 g/mol. The third kappa shape index (κ3) is 4.93. The van der Waals surface area contributed by atoms with Crippen LogP contribution >= 0.6 is 0 Å². The smallest absolute Gasteiger partial charge is 0.217 e. The Morgan fingerprint density at radius 2 is 1.81 bits per heavy atom. The highest BCUT2D eigenvalue weighted by atomic mass is 19.2. The summed E-state index contributed by atoms with van der Waals surface area (Å²) in [5.74, 6) is -0.712. The Labute approximate surface area is 154 Å². The lowest BCUT2D eigenvalue weighted by atomic mass is 9.84. The topological polar surface area (TPSA) is 35.6 Å². The van der Waals surface area contributed by atoms with E-state index in [2.05, 4.69) is 10.2 Å². The molecule has 1 N–H and O–H groups in total. The van der Waals surface area contributed by atoms with Gasteiger partial charge >= 0.3 is 0 Å². The van der Waals surface area contributed by atoms with Gasteiger partial charge in [-0.05, 0) is 56.7 Å². The average molecular weight is 365 g/mol.